The summed E-state index contributed by atoms with van der Waals surface area (Å²) in [5.74, 6) is 0.0931. The van der Waals surface area contributed by atoms with Gasteiger partial charge >= 0.3 is 0 Å². The van der Waals surface area contributed by atoms with Gasteiger partial charge in [0.05, 0.1) is 19.3 Å². The number of rotatable bonds is 8. The van der Waals surface area contributed by atoms with Crippen LogP contribution in [0.4, 0.5) is 0 Å². The summed E-state index contributed by atoms with van der Waals surface area (Å²) >= 11 is 0. The third-order valence-electron chi connectivity index (χ3n) is 5.82. The zero-order valence-electron chi connectivity index (χ0n) is 16.8. The Hall–Kier alpha value is -2.35. The Morgan fingerprint density at radius 1 is 1.00 bits per heavy atom. The largest absolute Gasteiger partial charge is 0.382 e. The van der Waals surface area contributed by atoms with Gasteiger partial charge in [-0.2, -0.15) is 0 Å². The van der Waals surface area contributed by atoms with Crippen molar-refractivity contribution < 1.29 is 14.3 Å². The van der Waals surface area contributed by atoms with Crippen molar-refractivity contribution >= 4 is 5.91 Å². The topological polar surface area (TPSA) is 67.8 Å². The van der Waals surface area contributed by atoms with E-state index in [4.69, 9.17) is 9.47 Å². The van der Waals surface area contributed by atoms with Gasteiger partial charge < -0.3 is 14.4 Å². The first kappa shape index (κ1) is 19.9. The van der Waals surface area contributed by atoms with E-state index < -0.39 is 6.10 Å². The molecule has 0 radical (unpaired) electrons. The van der Waals surface area contributed by atoms with Crippen LogP contribution >= 0.6 is 0 Å². The Balaban J connectivity index is 1.40. The van der Waals surface area contributed by atoms with E-state index in [1.807, 2.05) is 29.4 Å². The minimum absolute atomic E-state index is 0.0425. The first-order valence-corrected chi connectivity index (χ1v) is 10.2. The van der Waals surface area contributed by atoms with Crippen molar-refractivity contribution in [1.82, 2.24) is 19.8 Å². The summed E-state index contributed by atoms with van der Waals surface area (Å²) in [6.07, 6.45) is 8.75. The summed E-state index contributed by atoms with van der Waals surface area (Å²) in [7, 11) is 1.64. The van der Waals surface area contributed by atoms with Crippen molar-refractivity contribution in [2.24, 2.45) is 0 Å². The van der Waals surface area contributed by atoms with Gasteiger partial charge in [-0.15, -0.1) is 0 Å². The van der Waals surface area contributed by atoms with Crippen molar-refractivity contribution in [3.63, 3.8) is 0 Å². The van der Waals surface area contributed by atoms with Crippen LogP contribution in [0, 0.1) is 0 Å². The third kappa shape index (κ3) is 4.47. The molecule has 1 amide bonds. The van der Waals surface area contributed by atoms with Gasteiger partial charge in [-0.1, -0.05) is 0 Å². The average Bonchev–Trinajstić information content (AvgIpc) is 2.77. The normalized spacial score (nSPS) is 23.2. The molecule has 2 aromatic heterocycles. The second kappa shape index (κ2) is 9.43. The molecule has 4 rings (SSSR count). The number of hydrogen-bond acceptors (Lipinski definition) is 6. The van der Waals surface area contributed by atoms with Crippen molar-refractivity contribution in [3.8, 4) is 0 Å². The quantitative estimate of drug-likeness (QED) is 0.503. The highest BCUT2D eigenvalue weighted by Gasteiger charge is 2.52. The van der Waals surface area contributed by atoms with Gasteiger partial charge in [-0.25, -0.2) is 0 Å². The van der Waals surface area contributed by atoms with Crippen LogP contribution in [0.25, 0.3) is 0 Å². The Morgan fingerprint density at radius 3 is 2.31 bits per heavy atom. The first-order chi connectivity index (χ1) is 14.3. The molecular weight excluding hydrogens is 368 g/mol. The zero-order chi connectivity index (χ0) is 20.1. The predicted octanol–water partition coefficient (Wildman–Crippen LogP) is 2.06. The fourth-order valence-corrected chi connectivity index (χ4v) is 4.31. The Kier molecular flexibility index (Phi) is 6.49. The number of likely N-dealkylation sites (tertiary alicyclic amines) is 2. The van der Waals surface area contributed by atoms with Crippen LogP contribution in [0.15, 0.2) is 49.1 Å². The molecule has 4 heterocycles. The molecule has 0 aliphatic carbocycles. The molecule has 0 unspecified atom stereocenters. The lowest BCUT2D eigenvalue weighted by molar-refractivity contribution is -0.184. The van der Waals surface area contributed by atoms with Crippen LogP contribution in [0.3, 0.4) is 0 Å². The smallest absolute Gasteiger partial charge is 0.255 e. The molecule has 0 aromatic carbocycles. The summed E-state index contributed by atoms with van der Waals surface area (Å²) in [4.78, 5) is 25.6. The fourth-order valence-electron chi connectivity index (χ4n) is 4.31. The first-order valence-electron chi connectivity index (χ1n) is 10.2. The lowest BCUT2D eigenvalue weighted by Crippen LogP contribution is -2.64. The van der Waals surface area contributed by atoms with Crippen LogP contribution < -0.4 is 0 Å². The zero-order valence-corrected chi connectivity index (χ0v) is 16.8. The summed E-state index contributed by atoms with van der Waals surface area (Å²) < 4.78 is 10.9. The number of piperidine rings is 1. The van der Waals surface area contributed by atoms with Gasteiger partial charge in [0.1, 0.15) is 0 Å². The number of pyridine rings is 2. The number of ether oxygens (including phenoxy) is 2. The molecule has 7 nitrogen and oxygen atoms in total. The maximum atomic E-state index is 12.9. The molecule has 2 saturated heterocycles. The van der Waals surface area contributed by atoms with Gasteiger partial charge in [-0.05, 0) is 48.2 Å². The lowest BCUT2D eigenvalue weighted by Gasteiger charge is -2.52. The molecule has 0 bridgehead atoms. The van der Waals surface area contributed by atoms with Crippen molar-refractivity contribution in [2.75, 3.05) is 33.4 Å². The van der Waals surface area contributed by atoms with E-state index in [0.717, 1.165) is 38.0 Å². The van der Waals surface area contributed by atoms with Gasteiger partial charge in [0.2, 0.25) is 0 Å². The molecule has 2 fully saturated rings. The lowest BCUT2D eigenvalue weighted by atomic mass is 9.86. The second-order valence-corrected chi connectivity index (χ2v) is 7.62. The monoisotopic (exact) mass is 396 g/mol. The Morgan fingerprint density at radius 2 is 1.66 bits per heavy atom. The molecule has 0 saturated carbocycles. The highest BCUT2D eigenvalue weighted by atomic mass is 16.5. The van der Waals surface area contributed by atoms with E-state index in [2.05, 4.69) is 27.0 Å². The van der Waals surface area contributed by atoms with Crippen LogP contribution in [0.5, 0.6) is 0 Å². The molecule has 2 aromatic rings. The third-order valence-corrected chi connectivity index (χ3v) is 5.82. The van der Waals surface area contributed by atoms with E-state index in [9.17, 15) is 4.79 Å². The second-order valence-electron chi connectivity index (χ2n) is 7.62. The minimum Gasteiger partial charge on any atom is -0.382 e. The number of carbonyl (C=O) groups excluding carboxylic acids is 1. The van der Waals surface area contributed by atoms with Crippen molar-refractivity contribution in [1.29, 1.82) is 0 Å². The van der Waals surface area contributed by atoms with Gasteiger partial charge in [0, 0.05) is 57.6 Å². The summed E-state index contributed by atoms with van der Waals surface area (Å²) in [6.45, 7) is 3.80. The fraction of sp³-hybridized carbons (Fsp3) is 0.500. The van der Waals surface area contributed by atoms with E-state index in [1.165, 1.54) is 5.56 Å². The van der Waals surface area contributed by atoms with E-state index >= 15 is 0 Å². The summed E-state index contributed by atoms with van der Waals surface area (Å²) in [5, 5.41) is 0. The molecule has 2 atom stereocenters. The standard InChI is InChI=1S/C22H28N4O3/c1-28-14-15-29-21-20(18-4-10-24-11-5-18)26(22(21)27)19-6-12-25(13-7-19)16-17-2-8-23-9-3-17/h2-5,8-11,19-21H,6-7,12-16H2,1H3/t20-,21+/m0/s1. The molecule has 2 aliphatic heterocycles. The average molecular weight is 396 g/mol. The van der Waals surface area contributed by atoms with Crippen LogP contribution in [0.2, 0.25) is 0 Å². The van der Waals surface area contributed by atoms with Crippen LogP contribution in [-0.4, -0.2) is 71.2 Å². The highest BCUT2D eigenvalue weighted by Crippen LogP contribution is 2.40. The Labute approximate surface area is 171 Å². The summed E-state index contributed by atoms with van der Waals surface area (Å²) in [5.41, 5.74) is 2.36. The van der Waals surface area contributed by atoms with Crippen molar-refractivity contribution in [2.45, 2.75) is 37.6 Å². The number of aromatic nitrogens is 2. The molecular formula is C22H28N4O3. The van der Waals surface area contributed by atoms with Gasteiger partial charge in [-0.3, -0.25) is 19.7 Å². The number of β-lactam (4-membered cyclic amide) rings is 1. The van der Waals surface area contributed by atoms with Gasteiger partial charge in [0.15, 0.2) is 6.10 Å². The highest BCUT2D eigenvalue weighted by molar-refractivity contribution is 5.89. The van der Waals surface area contributed by atoms with E-state index in [0.29, 0.717) is 13.2 Å². The molecule has 0 spiro atoms. The molecule has 154 valence electrons. The maximum absolute atomic E-state index is 12.9. The number of hydrogen-bond donors (Lipinski definition) is 0. The minimum atomic E-state index is -0.428. The molecule has 29 heavy (non-hydrogen) atoms. The van der Waals surface area contributed by atoms with E-state index in [1.54, 1.807) is 19.5 Å². The SMILES string of the molecule is COCCO[C@H]1C(=O)N(C2CCN(Cc3ccncc3)CC2)[C@H]1c1ccncc1. The molecule has 2 aliphatic rings. The molecule has 7 heteroatoms. The van der Waals surface area contributed by atoms with E-state index in [-0.39, 0.29) is 18.0 Å². The van der Waals surface area contributed by atoms with Gasteiger partial charge in [0.25, 0.3) is 5.91 Å². The predicted molar refractivity (Wildman–Crippen MR) is 108 cm³/mol. The van der Waals surface area contributed by atoms with Crippen LogP contribution in [0.1, 0.15) is 30.0 Å². The maximum Gasteiger partial charge on any atom is 0.255 e. The number of carbonyl (C=O) groups is 1. The molecule has 0 N–H and O–H groups in total. The summed E-state index contributed by atoms with van der Waals surface area (Å²) in [6, 6.07) is 8.29. The van der Waals surface area contributed by atoms with Crippen molar-refractivity contribution in [3.05, 3.63) is 60.2 Å². The number of nitrogens with zero attached hydrogens (tertiary/aromatic N) is 4. The Bertz CT molecular complexity index is 781. The van der Waals surface area contributed by atoms with Crippen LogP contribution in [-0.2, 0) is 20.8 Å². The number of methoxy groups -OCH3 is 1. The number of amides is 1.